The summed E-state index contributed by atoms with van der Waals surface area (Å²) in [6, 6.07) is 14.5. The van der Waals surface area contributed by atoms with E-state index in [1.807, 2.05) is 36.4 Å². The SMILES string of the molecule is CC(C)[C@@H]1CC[C@@H](C)C[C@H]1OC(=O)[C@@H](C)c1ccc(-c2ccccc2)c(F)c1. The summed E-state index contributed by atoms with van der Waals surface area (Å²) in [6.07, 6.45) is 3.18. The van der Waals surface area contributed by atoms with E-state index in [0.29, 0.717) is 28.9 Å². The Morgan fingerprint density at radius 1 is 1.07 bits per heavy atom. The fraction of sp³-hybridized carbons (Fsp3) is 0.480. The first-order valence-electron chi connectivity index (χ1n) is 10.4. The highest BCUT2D eigenvalue weighted by atomic mass is 19.1. The fourth-order valence-electron chi connectivity index (χ4n) is 4.29. The van der Waals surface area contributed by atoms with Crippen molar-refractivity contribution in [1.29, 1.82) is 0 Å². The van der Waals surface area contributed by atoms with Crippen molar-refractivity contribution in [3.8, 4) is 11.1 Å². The number of benzene rings is 2. The minimum atomic E-state index is -0.482. The van der Waals surface area contributed by atoms with Gasteiger partial charge in [0.25, 0.3) is 0 Å². The normalized spacial score (nSPS) is 23.4. The lowest BCUT2D eigenvalue weighted by Gasteiger charge is -2.37. The van der Waals surface area contributed by atoms with Gasteiger partial charge in [-0.25, -0.2) is 4.39 Å². The standard InChI is InChI=1S/C25H31FO2/c1-16(2)21-12-10-17(3)14-24(21)28-25(27)18(4)20-11-13-22(23(26)15-20)19-8-6-5-7-9-19/h5-9,11,13,15-18,21,24H,10,12,14H2,1-4H3/t17-,18+,21+,24-/m1/s1. The zero-order valence-corrected chi connectivity index (χ0v) is 17.3. The van der Waals surface area contributed by atoms with Gasteiger partial charge in [0.15, 0.2) is 0 Å². The van der Waals surface area contributed by atoms with Crippen LogP contribution in [0.15, 0.2) is 48.5 Å². The molecule has 0 aliphatic heterocycles. The van der Waals surface area contributed by atoms with E-state index in [-0.39, 0.29) is 17.9 Å². The minimum Gasteiger partial charge on any atom is -0.462 e. The third-order valence-electron chi connectivity index (χ3n) is 6.16. The summed E-state index contributed by atoms with van der Waals surface area (Å²) in [7, 11) is 0. The minimum absolute atomic E-state index is 0.0351. The van der Waals surface area contributed by atoms with E-state index in [1.165, 1.54) is 12.5 Å². The van der Waals surface area contributed by atoms with Gasteiger partial charge in [-0.3, -0.25) is 4.79 Å². The van der Waals surface area contributed by atoms with Crippen LogP contribution in [-0.4, -0.2) is 12.1 Å². The van der Waals surface area contributed by atoms with Crippen molar-refractivity contribution in [2.75, 3.05) is 0 Å². The molecule has 0 saturated heterocycles. The van der Waals surface area contributed by atoms with Gasteiger partial charge in [-0.1, -0.05) is 69.7 Å². The average molecular weight is 383 g/mol. The Balaban J connectivity index is 1.73. The second-order valence-corrected chi connectivity index (χ2v) is 8.63. The van der Waals surface area contributed by atoms with Crippen LogP contribution in [-0.2, 0) is 9.53 Å². The number of ether oxygens (including phenoxy) is 1. The van der Waals surface area contributed by atoms with Crippen molar-refractivity contribution >= 4 is 5.97 Å². The van der Waals surface area contributed by atoms with E-state index in [2.05, 4.69) is 20.8 Å². The van der Waals surface area contributed by atoms with Crippen LogP contribution in [0.2, 0.25) is 0 Å². The number of carbonyl (C=O) groups is 1. The van der Waals surface area contributed by atoms with Gasteiger partial charge >= 0.3 is 5.97 Å². The van der Waals surface area contributed by atoms with Crippen LogP contribution >= 0.6 is 0 Å². The molecular formula is C25H31FO2. The first kappa shape index (κ1) is 20.6. The van der Waals surface area contributed by atoms with E-state index in [9.17, 15) is 9.18 Å². The maximum absolute atomic E-state index is 14.7. The van der Waals surface area contributed by atoms with Gasteiger partial charge in [-0.15, -0.1) is 0 Å². The van der Waals surface area contributed by atoms with E-state index >= 15 is 0 Å². The van der Waals surface area contributed by atoms with Crippen LogP contribution in [0.5, 0.6) is 0 Å². The van der Waals surface area contributed by atoms with Crippen LogP contribution in [0.4, 0.5) is 4.39 Å². The predicted molar refractivity (Wildman–Crippen MR) is 111 cm³/mol. The topological polar surface area (TPSA) is 26.3 Å². The monoisotopic (exact) mass is 382 g/mol. The Hall–Kier alpha value is -2.16. The van der Waals surface area contributed by atoms with E-state index in [4.69, 9.17) is 4.74 Å². The molecule has 0 spiro atoms. The Bertz CT molecular complexity index is 799. The zero-order chi connectivity index (χ0) is 20.3. The number of rotatable bonds is 5. The van der Waals surface area contributed by atoms with E-state index < -0.39 is 5.92 Å². The molecule has 4 atom stereocenters. The van der Waals surface area contributed by atoms with Gasteiger partial charge in [0.05, 0.1) is 5.92 Å². The Labute approximate surface area is 168 Å². The average Bonchev–Trinajstić information content (AvgIpc) is 2.67. The van der Waals surface area contributed by atoms with Crippen LogP contribution in [0.25, 0.3) is 11.1 Å². The van der Waals surface area contributed by atoms with Crippen LogP contribution in [0, 0.1) is 23.6 Å². The molecule has 3 heteroatoms. The molecule has 0 amide bonds. The lowest BCUT2D eigenvalue weighted by molar-refractivity contribution is -0.157. The lowest BCUT2D eigenvalue weighted by Crippen LogP contribution is -2.36. The van der Waals surface area contributed by atoms with Gasteiger partial charge < -0.3 is 4.74 Å². The first-order valence-corrected chi connectivity index (χ1v) is 10.4. The molecule has 1 saturated carbocycles. The van der Waals surface area contributed by atoms with Crippen LogP contribution < -0.4 is 0 Å². The fourth-order valence-corrected chi connectivity index (χ4v) is 4.29. The highest BCUT2D eigenvalue weighted by Crippen LogP contribution is 2.36. The van der Waals surface area contributed by atoms with Crippen molar-refractivity contribution in [2.45, 2.75) is 59.0 Å². The van der Waals surface area contributed by atoms with Gasteiger partial charge in [-0.05, 0) is 54.7 Å². The summed E-state index contributed by atoms with van der Waals surface area (Å²) in [6.45, 7) is 8.42. The van der Waals surface area contributed by atoms with E-state index in [0.717, 1.165) is 18.4 Å². The summed E-state index contributed by atoms with van der Waals surface area (Å²) in [5.74, 6) is 0.425. The highest BCUT2D eigenvalue weighted by molar-refractivity contribution is 5.78. The Morgan fingerprint density at radius 3 is 2.43 bits per heavy atom. The molecule has 28 heavy (non-hydrogen) atoms. The number of halogens is 1. The molecule has 3 rings (SSSR count). The second-order valence-electron chi connectivity index (χ2n) is 8.63. The maximum Gasteiger partial charge on any atom is 0.313 e. The lowest BCUT2D eigenvalue weighted by atomic mass is 9.75. The molecule has 1 aliphatic rings. The largest absolute Gasteiger partial charge is 0.462 e. The molecule has 0 radical (unpaired) electrons. The van der Waals surface area contributed by atoms with Gasteiger partial charge in [0, 0.05) is 5.56 Å². The molecule has 2 aromatic rings. The third-order valence-corrected chi connectivity index (χ3v) is 6.16. The maximum atomic E-state index is 14.7. The number of carbonyl (C=O) groups excluding carboxylic acids is 1. The smallest absolute Gasteiger partial charge is 0.313 e. The molecule has 1 fully saturated rings. The molecule has 2 nitrogen and oxygen atoms in total. The van der Waals surface area contributed by atoms with Gasteiger partial charge in [-0.2, -0.15) is 0 Å². The molecule has 150 valence electrons. The Kier molecular flexibility index (Phi) is 6.53. The van der Waals surface area contributed by atoms with Crippen molar-refractivity contribution in [3.63, 3.8) is 0 Å². The number of hydrogen-bond donors (Lipinski definition) is 0. The summed E-state index contributed by atoms with van der Waals surface area (Å²) in [4.78, 5) is 12.8. The highest BCUT2D eigenvalue weighted by Gasteiger charge is 2.34. The molecule has 0 heterocycles. The van der Waals surface area contributed by atoms with Crippen LogP contribution in [0.3, 0.4) is 0 Å². The predicted octanol–water partition coefficient (Wildman–Crippen LogP) is 6.60. The molecule has 0 N–H and O–H groups in total. The molecule has 0 unspecified atom stereocenters. The summed E-state index contributed by atoms with van der Waals surface area (Å²) >= 11 is 0. The number of esters is 1. The molecule has 0 aromatic heterocycles. The van der Waals surface area contributed by atoms with Crippen molar-refractivity contribution in [1.82, 2.24) is 0 Å². The van der Waals surface area contributed by atoms with Crippen molar-refractivity contribution in [2.24, 2.45) is 17.8 Å². The van der Waals surface area contributed by atoms with Crippen LogP contribution in [0.1, 0.15) is 58.4 Å². The molecule has 0 bridgehead atoms. The summed E-state index contributed by atoms with van der Waals surface area (Å²) < 4.78 is 20.6. The summed E-state index contributed by atoms with van der Waals surface area (Å²) in [5, 5.41) is 0. The summed E-state index contributed by atoms with van der Waals surface area (Å²) in [5.41, 5.74) is 2.04. The zero-order valence-electron chi connectivity index (χ0n) is 17.3. The first-order chi connectivity index (χ1) is 13.4. The molecule has 1 aliphatic carbocycles. The quantitative estimate of drug-likeness (QED) is 0.545. The van der Waals surface area contributed by atoms with E-state index in [1.54, 1.807) is 13.0 Å². The third kappa shape index (κ3) is 4.63. The molecule has 2 aromatic carbocycles. The van der Waals surface area contributed by atoms with Gasteiger partial charge in [0.2, 0.25) is 0 Å². The van der Waals surface area contributed by atoms with Gasteiger partial charge in [0.1, 0.15) is 11.9 Å². The van der Waals surface area contributed by atoms with Crippen molar-refractivity contribution < 1.29 is 13.9 Å². The number of hydrogen-bond acceptors (Lipinski definition) is 2. The van der Waals surface area contributed by atoms with Crippen molar-refractivity contribution in [3.05, 3.63) is 59.9 Å². The Morgan fingerprint density at radius 2 is 1.79 bits per heavy atom. The second kappa shape index (κ2) is 8.89. The molecular weight excluding hydrogens is 351 g/mol.